The molecule has 6 heteroatoms. The Morgan fingerprint density at radius 3 is 2.68 bits per heavy atom. The predicted octanol–water partition coefficient (Wildman–Crippen LogP) is 0.145. The van der Waals surface area contributed by atoms with E-state index in [-0.39, 0.29) is 6.61 Å². The van der Waals surface area contributed by atoms with Crippen molar-refractivity contribution in [1.29, 1.82) is 0 Å². The number of ether oxygens (including phenoxy) is 3. The van der Waals surface area contributed by atoms with Crippen LogP contribution in [0, 0.1) is 0 Å². The summed E-state index contributed by atoms with van der Waals surface area (Å²) in [5.74, 6) is -1.32. The van der Waals surface area contributed by atoms with Gasteiger partial charge in [-0.2, -0.15) is 0 Å². The predicted molar refractivity (Wildman–Crippen MR) is 67.2 cm³/mol. The van der Waals surface area contributed by atoms with E-state index >= 15 is 0 Å². The summed E-state index contributed by atoms with van der Waals surface area (Å²) in [4.78, 5) is 10.8. The topological polar surface area (TPSA) is 85.2 Å². The first kappa shape index (κ1) is 15.8. The summed E-state index contributed by atoms with van der Waals surface area (Å²) in [6.07, 6.45) is 3.46. The van der Waals surface area contributed by atoms with Crippen LogP contribution in [0.15, 0.2) is 24.3 Å². The van der Waals surface area contributed by atoms with Crippen LogP contribution in [-0.4, -0.2) is 54.0 Å². The SMILES string of the molecule is COC(=O)/C=C/C=C/[C@@H](O)[C@@H]1OC(C)(C)O[C@@H]1CO. The summed E-state index contributed by atoms with van der Waals surface area (Å²) in [6, 6.07) is 0. The van der Waals surface area contributed by atoms with Gasteiger partial charge in [-0.05, 0) is 13.8 Å². The van der Waals surface area contributed by atoms with Gasteiger partial charge in [-0.1, -0.05) is 18.2 Å². The number of methoxy groups -OCH3 is 1. The molecule has 19 heavy (non-hydrogen) atoms. The number of carbonyl (C=O) groups is 1. The van der Waals surface area contributed by atoms with E-state index in [1.807, 2.05) is 0 Å². The van der Waals surface area contributed by atoms with Gasteiger partial charge >= 0.3 is 5.97 Å². The molecule has 0 aliphatic carbocycles. The van der Waals surface area contributed by atoms with Crippen molar-refractivity contribution in [1.82, 2.24) is 0 Å². The van der Waals surface area contributed by atoms with Gasteiger partial charge < -0.3 is 24.4 Å². The summed E-state index contributed by atoms with van der Waals surface area (Å²) in [5, 5.41) is 19.1. The van der Waals surface area contributed by atoms with Crippen LogP contribution in [0.2, 0.25) is 0 Å². The minimum atomic E-state index is -0.943. The van der Waals surface area contributed by atoms with E-state index in [4.69, 9.17) is 9.47 Å². The number of hydrogen-bond acceptors (Lipinski definition) is 6. The minimum absolute atomic E-state index is 0.239. The molecule has 0 spiro atoms. The maximum atomic E-state index is 10.8. The number of aliphatic hydroxyl groups excluding tert-OH is 2. The Bertz CT molecular complexity index is 360. The van der Waals surface area contributed by atoms with Crippen molar-refractivity contribution in [2.24, 2.45) is 0 Å². The Morgan fingerprint density at radius 1 is 1.42 bits per heavy atom. The first-order valence-corrected chi connectivity index (χ1v) is 5.97. The van der Waals surface area contributed by atoms with Gasteiger partial charge in [0.1, 0.15) is 18.3 Å². The monoisotopic (exact) mass is 272 g/mol. The largest absolute Gasteiger partial charge is 0.466 e. The molecule has 1 saturated heterocycles. The molecule has 1 fully saturated rings. The molecule has 1 rings (SSSR count). The Kier molecular flexibility index (Phi) is 5.68. The molecule has 6 nitrogen and oxygen atoms in total. The maximum Gasteiger partial charge on any atom is 0.330 e. The second-order valence-corrected chi connectivity index (χ2v) is 4.58. The minimum Gasteiger partial charge on any atom is -0.466 e. The van der Waals surface area contributed by atoms with Gasteiger partial charge in [0.05, 0.1) is 13.7 Å². The number of allylic oxidation sites excluding steroid dienone is 2. The molecule has 108 valence electrons. The molecule has 1 aliphatic rings. The lowest BCUT2D eigenvalue weighted by molar-refractivity contribution is -0.154. The maximum absolute atomic E-state index is 10.8. The van der Waals surface area contributed by atoms with Crippen molar-refractivity contribution in [3.63, 3.8) is 0 Å². The number of esters is 1. The molecule has 3 atom stereocenters. The van der Waals surface area contributed by atoms with Crippen LogP contribution in [-0.2, 0) is 19.0 Å². The van der Waals surface area contributed by atoms with Gasteiger partial charge in [0.2, 0.25) is 0 Å². The highest BCUT2D eigenvalue weighted by Crippen LogP contribution is 2.30. The van der Waals surface area contributed by atoms with Gasteiger partial charge in [-0.3, -0.25) is 0 Å². The molecule has 1 heterocycles. The fraction of sp³-hybridized carbons (Fsp3) is 0.615. The highest BCUT2D eigenvalue weighted by atomic mass is 16.8. The highest BCUT2D eigenvalue weighted by Gasteiger charge is 2.43. The average molecular weight is 272 g/mol. The summed E-state index contributed by atoms with van der Waals surface area (Å²) in [5.41, 5.74) is 0. The second-order valence-electron chi connectivity index (χ2n) is 4.58. The smallest absolute Gasteiger partial charge is 0.330 e. The van der Waals surface area contributed by atoms with Crippen molar-refractivity contribution in [2.45, 2.75) is 37.9 Å². The molecule has 0 bridgehead atoms. The van der Waals surface area contributed by atoms with Gasteiger partial charge in [-0.15, -0.1) is 0 Å². The van der Waals surface area contributed by atoms with Crippen LogP contribution in [0.4, 0.5) is 0 Å². The van der Waals surface area contributed by atoms with E-state index in [0.717, 1.165) is 0 Å². The Balaban J connectivity index is 2.57. The van der Waals surface area contributed by atoms with E-state index in [1.165, 1.54) is 31.4 Å². The first-order valence-electron chi connectivity index (χ1n) is 5.97. The summed E-state index contributed by atoms with van der Waals surface area (Å²) in [7, 11) is 1.28. The van der Waals surface area contributed by atoms with E-state index in [2.05, 4.69) is 4.74 Å². The number of carbonyl (C=O) groups excluding carboxylic acids is 1. The van der Waals surface area contributed by atoms with Crippen LogP contribution in [0.3, 0.4) is 0 Å². The third-order valence-electron chi connectivity index (χ3n) is 2.59. The van der Waals surface area contributed by atoms with Crippen LogP contribution in [0.25, 0.3) is 0 Å². The molecule has 0 aromatic rings. The lowest BCUT2D eigenvalue weighted by Gasteiger charge is -2.19. The zero-order valence-electron chi connectivity index (χ0n) is 11.3. The molecule has 0 amide bonds. The lowest BCUT2D eigenvalue weighted by atomic mass is 10.1. The van der Waals surface area contributed by atoms with Crippen molar-refractivity contribution in [3.05, 3.63) is 24.3 Å². The molecule has 0 aromatic carbocycles. The van der Waals surface area contributed by atoms with Crippen molar-refractivity contribution in [3.8, 4) is 0 Å². The number of rotatable bonds is 5. The second kappa shape index (κ2) is 6.81. The summed E-state index contributed by atoms with van der Waals surface area (Å²) in [6.45, 7) is 3.18. The van der Waals surface area contributed by atoms with Gasteiger partial charge in [-0.25, -0.2) is 4.79 Å². The van der Waals surface area contributed by atoms with Crippen molar-refractivity contribution < 1.29 is 29.2 Å². The molecular weight excluding hydrogens is 252 g/mol. The van der Waals surface area contributed by atoms with Crippen LogP contribution >= 0.6 is 0 Å². The van der Waals surface area contributed by atoms with E-state index in [1.54, 1.807) is 13.8 Å². The number of aliphatic hydroxyl groups is 2. The molecule has 0 unspecified atom stereocenters. The summed E-state index contributed by atoms with van der Waals surface area (Å²) >= 11 is 0. The normalized spacial score (nSPS) is 28.1. The molecule has 0 radical (unpaired) electrons. The fourth-order valence-corrected chi connectivity index (χ4v) is 1.78. The average Bonchev–Trinajstić information content (AvgIpc) is 2.69. The molecule has 0 saturated carbocycles. The molecule has 1 aliphatic heterocycles. The number of hydrogen-bond donors (Lipinski definition) is 2. The highest BCUT2D eigenvalue weighted by molar-refractivity contribution is 5.82. The van der Waals surface area contributed by atoms with Crippen LogP contribution < -0.4 is 0 Å². The standard InChI is InChI=1S/C13H20O6/c1-13(2)18-10(8-14)12(19-13)9(15)6-4-5-7-11(16)17-3/h4-7,9-10,12,14-15H,8H2,1-3H3/b6-4+,7-5+/t9-,10-,12+/m1/s1. The zero-order chi connectivity index (χ0) is 14.5. The van der Waals surface area contributed by atoms with Crippen LogP contribution in [0.1, 0.15) is 13.8 Å². The van der Waals surface area contributed by atoms with Crippen molar-refractivity contribution >= 4 is 5.97 Å². The molecular formula is C13H20O6. The lowest BCUT2D eigenvalue weighted by Crippen LogP contribution is -2.36. The van der Waals surface area contributed by atoms with Gasteiger partial charge in [0, 0.05) is 6.08 Å². The van der Waals surface area contributed by atoms with Crippen molar-refractivity contribution in [2.75, 3.05) is 13.7 Å². The Labute approximate surface area is 112 Å². The fourth-order valence-electron chi connectivity index (χ4n) is 1.78. The van der Waals surface area contributed by atoms with E-state index in [9.17, 15) is 15.0 Å². The van der Waals surface area contributed by atoms with Gasteiger partial charge in [0.25, 0.3) is 0 Å². The van der Waals surface area contributed by atoms with Crippen LogP contribution in [0.5, 0.6) is 0 Å². The third-order valence-corrected chi connectivity index (χ3v) is 2.59. The van der Waals surface area contributed by atoms with E-state index < -0.39 is 30.1 Å². The quantitative estimate of drug-likeness (QED) is 0.421. The third kappa shape index (κ3) is 4.76. The summed E-state index contributed by atoms with van der Waals surface area (Å²) < 4.78 is 15.4. The van der Waals surface area contributed by atoms with E-state index in [0.29, 0.717) is 0 Å². The Hall–Kier alpha value is -1.21. The molecule has 0 aromatic heterocycles. The molecule has 2 N–H and O–H groups in total. The first-order chi connectivity index (χ1) is 8.89. The van der Waals surface area contributed by atoms with Gasteiger partial charge in [0.15, 0.2) is 5.79 Å². The Morgan fingerprint density at radius 2 is 2.11 bits per heavy atom. The zero-order valence-corrected chi connectivity index (χ0v) is 11.3.